The number of hydrogen-bond acceptors (Lipinski definition) is 3. The van der Waals surface area contributed by atoms with Gasteiger partial charge in [-0.25, -0.2) is 4.98 Å². The lowest BCUT2D eigenvalue weighted by molar-refractivity contribution is 1.29. The number of halogens is 2. The minimum Gasteiger partial charge on any atom is -0.396 e. The maximum absolute atomic E-state index is 5.84. The Labute approximate surface area is 113 Å². The van der Waals surface area contributed by atoms with E-state index in [1.54, 1.807) is 12.1 Å². The second-order valence-electron chi connectivity index (χ2n) is 3.61. The molecule has 88 valence electrons. The third-order valence-electron chi connectivity index (χ3n) is 2.41. The van der Waals surface area contributed by atoms with Crippen LogP contribution in [-0.2, 0) is 0 Å². The summed E-state index contributed by atoms with van der Waals surface area (Å²) in [5, 5.41) is 3.58. The Hall–Kier alpha value is -1.26. The zero-order chi connectivity index (χ0) is 12.4. The molecule has 0 aliphatic rings. The Bertz CT molecular complexity index is 557. The smallest absolute Gasteiger partial charge is 0.155 e. The van der Waals surface area contributed by atoms with E-state index >= 15 is 0 Å². The van der Waals surface area contributed by atoms with E-state index in [1.165, 1.54) is 0 Å². The van der Waals surface area contributed by atoms with E-state index in [2.05, 4.69) is 26.2 Å². The number of nitrogen functional groups attached to an aromatic ring is 1. The first kappa shape index (κ1) is 12.2. The standard InChI is InChI=1S/C12H11BrClN3/c1-7-8(13)3-2-4-10(7)16-12-9(15)5-6-11(14)17-12/h2-6H,15H2,1H3,(H,16,17). The van der Waals surface area contributed by atoms with Crippen LogP contribution in [0.2, 0.25) is 5.15 Å². The van der Waals surface area contributed by atoms with Crippen LogP contribution in [0.1, 0.15) is 5.56 Å². The fourth-order valence-electron chi connectivity index (χ4n) is 1.42. The van der Waals surface area contributed by atoms with Crippen molar-refractivity contribution in [1.82, 2.24) is 4.98 Å². The molecule has 0 unspecified atom stereocenters. The molecule has 17 heavy (non-hydrogen) atoms. The zero-order valence-electron chi connectivity index (χ0n) is 9.17. The highest BCUT2D eigenvalue weighted by molar-refractivity contribution is 9.10. The fourth-order valence-corrected chi connectivity index (χ4v) is 1.93. The number of aromatic nitrogens is 1. The number of nitrogens with two attached hydrogens (primary N) is 1. The van der Waals surface area contributed by atoms with Gasteiger partial charge in [0.15, 0.2) is 5.82 Å². The number of nitrogens with zero attached hydrogens (tertiary/aromatic N) is 1. The lowest BCUT2D eigenvalue weighted by atomic mass is 10.2. The lowest BCUT2D eigenvalue weighted by Gasteiger charge is -2.11. The number of pyridine rings is 1. The number of anilines is 3. The van der Waals surface area contributed by atoms with Crippen LogP contribution in [0.15, 0.2) is 34.8 Å². The van der Waals surface area contributed by atoms with Gasteiger partial charge in [0.2, 0.25) is 0 Å². The Kier molecular flexibility index (Phi) is 3.54. The molecule has 0 saturated heterocycles. The van der Waals surface area contributed by atoms with Gasteiger partial charge in [-0.1, -0.05) is 33.6 Å². The molecular weight excluding hydrogens is 302 g/mol. The molecule has 5 heteroatoms. The summed E-state index contributed by atoms with van der Waals surface area (Å²) in [6.45, 7) is 2.01. The van der Waals surface area contributed by atoms with Crippen molar-refractivity contribution in [3.05, 3.63) is 45.5 Å². The van der Waals surface area contributed by atoms with Crippen LogP contribution in [0.5, 0.6) is 0 Å². The molecule has 0 aliphatic carbocycles. The summed E-state index contributed by atoms with van der Waals surface area (Å²) in [6.07, 6.45) is 0. The molecule has 1 heterocycles. The molecule has 0 aliphatic heterocycles. The molecule has 0 spiro atoms. The summed E-state index contributed by atoms with van der Waals surface area (Å²) >= 11 is 9.31. The van der Waals surface area contributed by atoms with E-state index in [0.717, 1.165) is 15.7 Å². The van der Waals surface area contributed by atoms with Crippen molar-refractivity contribution in [2.24, 2.45) is 0 Å². The van der Waals surface area contributed by atoms with Crippen LogP contribution in [0, 0.1) is 6.92 Å². The Morgan fingerprint density at radius 2 is 2.06 bits per heavy atom. The van der Waals surface area contributed by atoms with Crippen molar-refractivity contribution in [3.8, 4) is 0 Å². The van der Waals surface area contributed by atoms with Crippen molar-refractivity contribution >= 4 is 44.7 Å². The number of benzene rings is 1. The highest BCUT2D eigenvalue weighted by Crippen LogP contribution is 2.28. The SMILES string of the molecule is Cc1c(Br)cccc1Nc1nc(Cl)ccc1N. The van der Waals surface area contributed by atoms with E-state index in [4.69, 9.17) is 17.3 Å². The van der Waals surface area contributed by atoms with Crippen LogP contribution < -0.4 is 11.1 Å². The molecule has 0 fully saturated rings. The normalized spacial score (nSPS) is 10.3. The molecule has 2 aromatic rings. The topological polar surface area (TPSA) is 50.9 Å². The molecule has 1 aromatic heterocycles. The van der Waals surface area contributed by atoms with Gasteiger partial charge >= 0.3 is 0 Å². The summed E-state index contributed by atoms with van der Waals surface area (Å²) in [7, 11) is 0. The summed E-state index contributed by atoms with van der Waals surface area (Å²) in [6, 6.07) is 9.28. The molecule has 2 rings (SSSR count). The van der Waals surface area contributed by atoms with Crippen molar-refractivity contribution in [1.29, 1.82) is 0 Å². The van der Waals surface area contributed by atoms with E-state index in [9.17, 15) is 0 Å². The minimum atomic E-state index is 0.411. The lowest BCUT2D eigenvalue weighted by Crippen LogP contribution is -2.00. The van der Waals surface area contributed by atoms with Gasteiger partial charge in [-0.15, -0.1) is 0 Å². The Morgan fingerprint density at radius 1 is 1.29 bits per heavy atom. The van der Waals surface area contributed by atoms with Gasteiger partial charge in [-0.2, -0.15) is 0 Å². The first-order chi connectivity index (χ1) is 8.08. The predicted octanol–water partition coefficient (Wildman–Crippen LogP) is 4.13. The van der Waals surface area contributed by atoms with E-state index in [-0.39, 0.29) is 0 Å². The molecule has 0 radical (unpaired) electrons. The Balaban J connectivity index is 2.38. The van der Waals surface area contributed by atoms with Crippen molar-refractivity contribution in [3.63, 3.8) is 0 Å². The van der Waals surface area contributed by atoms with Gasteiger partial charge in [0, 0.05) is 10.2 Å². The number of nitrogens with one attached hydrogen (secondary N) is 1. The molecule has 0 saturated carbocycles. The van der Waals surface area contributed by atoms with Crippen LogP contribution in [0.25, 0.3) is 0 Å². The molecule has 3 N–H and O–H groups in total. The highest BCUT2D eigenvalue weighted by Gasteiger charge is 2.06. The van der Waals surface area contributed by atoms with Crippen LogP contribution in [-0.4, -0.2) is 4.98 Å². The molecule has 1 aromatic carbocycles. The second kappa shape index (κ2) is 4.94. The van der Waals surface area contributed by atoms with Crippen molar-refractivity contribution in [2.75, 3.05) is 11.1 Å². The third-order valence-corrected chi connectivity index (χ3v) is 3.48. The monoisotopic (exact) mass is 311 g/mol. The fraction of sp³-hybridized carbons (Fsp3) is 0.0833. The highest BCUT2D eigenvalue weighted by atomic mass is 79.9. The maximum Gasteiger partial charge on any atom is 0.155 e. The van der Waals surface area contributed by atoms with Gasteiger partial charge in [0.05, 0.1) is 5.69 Å². The second-order valence-corrected chi connectivity index (χ2v) is 4.85. The average Bonchev–Trinajstić information content (AvgIpc) is 2.30. The molecule has 0 atom stereocenters. The van der Waals surface area contributed by atoms with Crippen LogP contribution in [0.3, 0.4) is 0 Å². The molecule has 3 nitrogen and oxygen atoms in total. The predicted molar refractivity (Wildman–Crippen MR) is 75.8 cm³/mol. The first-order valence-corrected chi connectivity index (χ1v) is 6.19. The van der Waals surface area contributed by atoms with Gasteiger partial charge in [0.25, 0.3) is 0 Å². The summed E-state index contributed by atoms with van der Waals surface area (Å²) < 4.78 is 1.03. The summed E-state index contributed by atoms with van der Waals surface area (Å²) in [5.74, 6) is 0.568. The number of hydrogen-bond donors (Lipinski definition) is 2. The quantitative estimate of drug-likeness (QED) is 0.820. The van der Waals surface area contributed by atoms with Gasteiger partial charge < -0.3 is 11.1 Å². The first-order valence-electron chi connectivity index (χ1n) is 5.02. The van der Waals surface area contributed by atoms with Gasteiger partial charge in [0.1, 0.15) is 5.15 Å². The van der Waals surface area contributed by atoms with E-state index in [1.807, 2.05) is 25.1 Å². The average molecular weight is 313 g/mol. The maximum atomic E-state index is 5.84. The largest absolute Gasteiger partial charge is 0.396 e. The Morgan fingerprint density at radius 3 is 2.82 bits per heavy atom. The minimum absolute atomic E-state index is 0.411. The van der Waals surface area contributed by atoms with Crippen LogP contribution >= 0.6 is 27.5 Å². The van der Waals surface area contributed by atoms with E-state index < -0.39 is 0 Å². The molecule has 0 amide bonds. The van der Waals surface area contributed by atoms with Crippen molar-refractivity contribution < 1.29 is 0 Å². The van der Waals surface area contributed by atoms with Crippen molar-refractivity contribution in [2.45, 2.75) is 6.92 Å². The van der Waals surface area contributed by atoms with E-state index in [0.29, 0.717) is 16.7 Å². The third kappa shape index (κ3) is 2.70. The zero-order valence-corrected chi connectivity index (χ0v) is 11.5. The number of rotatable bonds is 2. The summed E-state index contributed by atoms with van der Waals surface area (Å²) in [4.78, 5) is 4.15. The van der Waals surface area contributed by atoms with Crippen LogP contribution in [0.4, 0.5) is 17.2 Å². The van der Waals surface area contributed by atoms with Gasteiger partial charge in [-0.05, 0) is 36.8 Å². The van der Waals surface area contributed by atoms with Gasteiger partial charge in [-0.3, -0.25) is 0 Å². The molecular formula is C12H11BrClN3. The molecule has 0 bridgehead atoms. The summed E-state index contributed by atoms with van der Waals surface area (Å²) in [5.41, 5.74) is 8.43.